The van der Waals surface area contributed by atoms with Gasteiger partial charge in [0.1, 0.15) is 11.6 Å². The van der Waals surface area contributed by atoms with Crippen molar-refractivity contribution in [3.63, 3.8) is 0 Å². The molecule has 0 bridgehead atoms. The van der Waals surface area contributed by atoms with Crippen molar-refractivity contribution in [3.8, 4) is 11.1 Å². The SMILES string of the molecule is O=S(=O)(Nc1cc(-c2cc#ccc2)c(F)cc1F)c1cccc2ccccc12. The highest BCUT2D eigenvalue weighted by Crippen LogP contribution is 2.30. The van der Waals surface area contributed by atoms with Crippen LogP contribution in [0, 0.1) is 23.8 Å². The molecule has 0 amide bonds. The van der Waals surface area contributed by atoms with E-state index in [4.69, 9.17) is 0 Å². The average molecular weight is 393 g/mol. The molecule has 0 heterocycles. The summed E-state index contributed by atoms with van der Waals surface area (Å²) in [5.41, 5.74) is 0.154. The van der Waals surface area contributed by atoms with Gasteiger partial charge in [0.2, 0.25) is 0 Å². The molecule has 0 saturated carbocycles. The molecule has 3 nitrogen and oxygen atoms in total. The van der Waals surface area contributed by atoms with Gasteiger partial charge >= 0.3 is 0 Å². The summed E-state index contributed by atoms with van der Waals surface area (Å²) < 4.78 is 56.6. The monoisotopic (exact) mass is 393 g/mol. The minimum atomic E-state index is -4.10. The van der Waals surface area contributed by atoms with Crippen molar-refractivity contribution in [1.29, 1.82) is 0 Å². The zero-order chi connectivity index (χ0) is 19.7. The van der Waals surface area contributed by atoms with Gasteiger partial charge in [-0.1, -0.05) is 48.5 Å². The highest BCUT2D eigenvalue weighted by molar-refractivity contribution is 7.93. The Morgan fingerprint density at radius 2 is 1.64 bits per heavy atom. The summed E-state index contributed by atoms with van der Waals surface area (Å²) in [7, 11) is -4.10. The number of nitrogens with one attached hydrogen (secondary N) is 1. The largest absolute Gasteiger partial charge is 0.277 e. The number of halogens is 2. The third-order valence-electron chi connectivity index (χ3n) is 4.31. The van der Waals surface area contributed by atoms with Gasteiger partial charge in [-0.3, -0.25) is 4.72 Å². The van der Waals surface area contributed by atoms with E-state index in [2.05, 4.69) is 16.9 Å². The maximum Gasteiger partial charge on any atom is 0.262 e. The lowest BCUT2D eigenvalue weighted by molar-refractivity contribution is 0.585. The summed E-state index contributed by atoms with van der Waals surface area (Å²) in [4.78, 5) is 0.0125. The van der Waals surface area contributed by atoms with Crippen LogP contribution < -0.4 is 4.72 Å². The fourth-order valence-electron chi connectivity index (χ4n) is 2.99. The van der Waals surface area contributed by atoms with Gasteiger partial charge in [-0.15, -0.1) is 0 Å². The molecule has 0 fully saturated rings. The number of hydrogen-bond donors (Lipinski definition) is 1. The first-order valence-electron chi connectivity index (χ1n) is 8.33. The Labute approximate surface area is 161 Å². The van der Waals surface area contributed by atoms with E-state index in [9.17, 15) is 17.2 Å². The summed E-state index contributed by atoms with van der Waals surface area (Å²) in [6, 6.07) is 23.6. The number of benzene rings is 3. The van der Waals surface area contributed by atoms with Gasteiger partial charge in [0, 0.05) is 17.0 Å². The van der Waals surface area contributed by atoms with Crippen LogP contribution in [0.15, 0.2) is 77.7 Å². The Balaban J connectivity index is 1.80. The summed E-state index contributed by atoms with van der Waals surface area (Å²) in [6.07, 6.45) is 0. The predicted molar refractivity (Wildman–Crippen MR) is 104 cm³/mol. The molecule has 0 aliphatic rings. The molecule has 4 rings (SSSR count). The van der Waals surface area contributed by atoms with Gasteiger partial charge in [0.05, 0.1) is 10.6 Å². The summed E-state index contributed by atoms with van der Waals surface area (Å²) in [6.45, 7) is 0. The van der Waals surface area contributed by atoms with Crippen molar-refractivity contribution in [2.75, 3.05) is 4.72 Å². The highest BCUT2D eigenvalue weighted by Gasteiger charge is 2.20. The van der Waals surface area contributed by atoms with E-state index in [1.54, 1.807) is 42.5 Å². The van der Waals surface area contributed by atoms with Crippen LogP contribution >= 0.6 is 0 Å². The molecule has 0 unspecified atom stereocenters. The molecule has 0 atom stereocenters. The number of sulfonamides is 1. The molecule has 0 spiro atoms. The fraction of sp³-hybridized carbons (Fsp3) is 0. The third-order valence-corrected chi connectivity index (χ3v) is 5.73. The Hall–Kier alpha value is -3.43. The van der Waals surface area contributed by atoms with Crippen LogP contribution in [0.25, 0.3) is 21.9 Å². The lowest BCUT2D eigenvalue weighted by Gasteiger charge is -2.13. The van der Waals surface area contributed by atoms with Gasteiger partial charge in [-0.25, -0.2) is 17.2 Å². The molecular weight excluding hydrogens is 380 g/mol. The van der Waals surface area contributed by atoms with Crippen molar-refractivity contribution >= 4 is 26.5 Å². The van der Waals surface area contributed by atoms with Gasteiger partial charge in [0.25, 0.3) is 10.0 Å². The number of fused-ring (bicyclic) bond motifs is 1. The second-order valence-corrected chi connectivity index (χ2v) is 7.77. The lowest BCUT2D eigenvalue weighted by Crippen LogP contribution is -2.14. The molecule has 28 heavy (non-hydrogen) atoms. The minimum Gasteiger partial charge on any atom is -0.277 e. The Morgan fingerprint density at radius 1 is 0.857 bits per heavy atom. The van der Waals surface area contributed by atoms with Crippen molar-refractivity contribution in [2.24, 2.45) is 0 Å². The van der Waals surface area contributed by atoms with Gasteiger partial charge in [0.15, 0.2) is 0 Å². The highest BCUT2D eigenvalue weighted by atomic mass is 32.2. The smallest absolute Gasteiger partial charge is 0.262 e. The minimum absolute atomic E-state index is 0.0125. The maximum absolute atomic E-state index is 14.3. The van der Waals surface area contributed by atoms with Gasteiger partial charge in [-0.05, 0) is 41.3 Å². The van der Waals surface area contributed by atoms with Gasteiger partial charge in [-0.2, -0.15) is 0 Å². The molecule has 138 valence electrons. The van der Waals surface area contributed by atoms with E-state index >= 15 is 0 Å². The maximum atomic E-state index is 14.3. The van der Waals surface area contributed by atoms with Crippen LogP contribution in [0.3, 0.4) is 0 Å². The van der Waals surface area contributed by atoms with Crippen LogP contribution in [0.1, 0.15) is 0 Å². The Morgan fingerprint density at radius 3 is 2.43 bits per heavy atom. The summed E-state index contributed by atoms with van der Waals surface area (Å²) >= 11 is 0. The molecule has 6 heteroatoms. The molecule has 4 aromatic carbocycles. The normalized spacial score (nSPS) is 11.2. The van der Waals surface area contributed by atoms with E-state index in [1.165, 1.54) is 18.2 Å². The van der Waals surface area contributed by atoms with Crippen LogP contribution in [0.2, 0.25) is 0 Å². The molecule has 0 radical (unpaired) electrons. The van der Waals surface area contributed by atoms with Crippen molar-refractivity contribution in [2.45, 2.75) is 4.90 Å². The summed E-state index contributed by atoms with van der Waals surface area (Å²) in [5.74, 6) is -1.80. The lowest BCUT2D eigenvalue weighted by atomic mass is 10.1. The second kappa shape index (κ2) is 6.95. The second-order valence-electron chi connectivity index (χ2n) is 6.12. The molecule has 1 N–H and O–H groups in total. The topological polar surface area (TPSA) is 46.2 Å². The molecular formula is C22H13F2NO2S. The van der Waals surface area contributed by atoms with Crippen molar-refractivity contribution in [1.82, 2.24) is 0 Å². The zero-order valence-corrected chi connectivity index (χ0v) is 15.2. The van der Waals surface area contributed by atoms with Crippen molar-refractivity contribution in [3.05, 3.63) is 96.6 Å². The molecule has 0 aliphatic carbocycles. The Bertz CT molecular complexity index is 1270. The zero-order valence-electron chi connectivity index (χ0n) is 14.4. The first kappa shape index (κ1) is 18.0. The predicted octanol–water partition coefficient (Wildman–Crippen LogP) is 5.19. The molecule has 4 aromatic rings. The van der Waals surface area contributed by atoms with Gasteiger partial charge < -0.3 is 0 Å². The standard InChI is InChI=1S/C22H13F2NO2S/c23-19-14-20(24)21(13-18(19)16-7-2-1-3-8-16)25-28(26,27)22-12-6-10-15-9-4-5-11-17(15)22/h2,4-14,25H. The number of hydrogen-bond acceptors (Lipinski definition) is 2. The Kier molecular flexibility index (Phi) is 4.46. The first-order valence-corrected chi connectivity index (χ1v) is 9.82. The van der Waals surface area contributed by atoms with Crippen LogP contribution in [0.4, 0.5) is 14.5 Å². The van der Waals surface area contributed by atoms with Crippen LogP contribution in [-0.4, -0.2) is 8.42 Å². The molecule has 0 aliphatic heterocycles. The average Bonchev–Trinajstić information content (AvgIpc) is 2.70. The van der Waals surface area contributed by atoms with E-state index in [0.29, 0.717) is 17.0 Å². The quantitative estimate of drug-likeness (QED) is 0.519. The summed E-state index contributed by atoms with van der Waals surface area (Å²) in [5, 5.41) is 1.25. The van der Waals surface area contributed by atoms with E-state index in [-0.39, 0.29) is 16.1 Å². The fourth-order valence-corrected chi connectivity index (χ4v) is 4.28. The number of rotatable bonds is 4. The molecule has 0 saturated heterocycles. The van der Waals surface area contributed by atoms with Crippen LogP contribution in [-0.2, 0) is 10.0 Å². The first-order chi connectivity index (χ1) is 13.5. The van der Waals surface area contributed by atoms with E-state index in [1.807, 2.05) is 0 Å². The number of anilines is 1. The van der Waals surface area contributed by atoms with Crippen LogP contribution in [0.5, 0.6) is 0 Å². The van der Waals surface area contributed by atoms with E-state index in [0.717, 1.165) is 11.5 Å². The molecule has 0 aromatic heterocycles. The van der Waals surface area contributed by atoms with E-state index < -0.39 is 21.7 Å². The third kappa shape index (κ3) is 3.28. The van der Waals surface area contributed by atoms with Crippen molar-refractivity contribution < 1.29 is 17.2 Å².